The number of carbonyl (C=O) groups excluding carboxylic acids is 1. The molecule has 1 aliphatic heterocycles. The highest BCUT2D eigenvalue weighted by Gasteiger charge is 2.26. The van der Waals surface area contributed by atoms with E-state index >= 15 is 0 Å². The van der Waals surface area contributed by atoms with Gasteiger partial charge >= 0.3 is 0 Å². The lowest BCUT2D eigenvalue weighted by Crippen LogP contribution is -2.37. The van der Waals surface area contributed by atoms with Gasteiger partial charge in [-0.2, -0.15) is 0 Å². The Morgan fingerprint density at radius 2 is 1.31 bits per heavy atom. The van der Waals surface area contributed by atoms with Crippen molar-refractivity contribution in [1.29, 1.82) is 0 Å². The van der Waals surface area contributed by atoms with E-state index in [4.69, 9.17) is 0 Å². The minimum Gasteiger partial charge on any atom is -0.289 e. The predicted octanol–water partition coefficient (Wildman–Crippen LogP) is 6.15. The van der Waals surface area contributed by atoms with Gasteiger partial charge in [-0.25, -0.2) is 0 Å². The van der Waals surface area contributed by atoms with Crippen molar-refractivity contribution in [3.63, 3.8) is 0 Å². The zero-order valence-corrected chi connectivity index (χ0v) is 21.9. The average Bonchev–Trinajstić information content (AvgIpc) is 3.31. The molecule has 5 heteroatoms. The first-order chi connectivity index (χ1) is 17.6. The van der Waals surface area contributed by atoms with Crippen LogP contribution in [0.1, 0.15) is 68.0 Å². The van der Waals surface area contributed by atoms with Gasteiger partial charge in [-0.15, -0.1) is 5.10 Å². The number of hydrogen-bond donors (Lipinski definition) is 0. The van der Waals surface area contributed by atoms with Crippen LogP contribution >= 0.6 is 0 Å². The van der Waals surface area contributed by atoms with E-state index in [2.05, 4.69) is 96.7 Å². The van der Waals surface area contributed by atoms with Crippen molar-refractivity contribution in [3.05, 3.63) is 93.8 Å². The van der Waals surface area contributed by atoms with Crippen LogP contribution in [0.4, 0.5) is 0 Å². The maximum Gasteiger partial charge on any atom is 0.187 e. The van der Waals surface area contributed by atoms with Gasteiger partial charge in [-0.1, -0.05) is 87.4 Å². The fourth-order valence-corrected chi connectivity index (χ4v) is 4.74. The van der Waals surface area contributed by atoms with Gasteiger partial charge in [-0.05, 0) is 53.7 Å². The smallest absolute Gasteiger partial charge is 0.187 e. The summed E-state index contributed by atoms with van der Waals surface area (Å²) in [6.07, 6.45) is 11.6. The first kappa shape index (κ1) is 25.8. The lowest BCUT2D eigenvalue weighted by atomic mass is 9.93. The summed E-state index contributed by atoms with van der Waals surface area (Å²) in [6.45, 7) is 9.25. The molecule has 2 heterocycles. The predicted molar refractivity (Wildman–Crippen MR) is 147 cm³/mol. The molecule has 0 amide bonds. The van der Waals surface area contributed by atoms with E-state index in [1.54, 1.807) is 0 Å². The highest BCUT2D eigenvalue weighted by Crippen LogP contribution is 2.24. The van der Waals surface area contributed by atoms with Crippen molar-refractivity contribution in [2.45, 2.75) is 66.0 Å². The summed E-state index contributed by atoms with van der Waals surface area (Å²) in [6, 6.07) is 17.2. The number of ketones is 1. The number of aryl methyl sites for hydroxylation is 3. The molecule has 0 bridgehead atoms. The summed E-state index contributed by atoms with van der Waals surface area (Å²) in [5.41, 5.74) is 7.37. The summed E-state index contributed by atoms with van der Waals surface area (Å²) in [5.74, 6) is 0.135. The Hall–Kier alpha value is -3.31. The molecule has 4 rings (SSSR count). The molecule has 0 atom stereocenters. The van der Waals surface area contributed by atoms with E-state index in [1.165, 1.54) is 11.1 Å². The molecule has 0 N–H and O–H groups in total. The van der Waals surface area contributed by atoms with E-state index in [9.17, 15) is 4.79 Å². The Morgan fingerprint density at radius 1 is 0.778 bits per heavy atom. The first-order valence-corrected chi connectivity index (χ1v) is 13.3. The maximum atomic E-state index is 13.6. The van der Waals surface area contributed by atoms with Crippen LogP contribution in [0.2, 0.25) is 0 Å². The second-order valence-corrected chi connectivity index (χ2v) is 9.77. The number of aromatic nitrogens is 3. The van der Waals surface area contributed by atoms with Crippen LogP contribution in [0.5, 0.6) is 0 Å². The van der Waals surface area contributed by atoms with Gasteiger partial charge in [0.05, 0.1) is 5.69 Å². The molecular formula is C31H38N4O. The minimum absolute atomic E-state index is 0.135. The van der Waals surface area contributed by atoms with Gasteiger partial charge in [-0.3, -0.25) is 14.4 Å². The quantitative estimate of drug-likeness (QED) is 0.326. The number of rotatable bonds is 10. The highest BCUT2D eigenvalue weighted by molar-refractivity contribution is 6.14. The standard InChI is InChI=1S/C31H38N4O/c1-4-7-24-9-13-26(14-10-24)18-28-20-34(22-30-23-35(17-6-3)33-32-30)21-29(31(28)36)19-27-15-11-25(8-5-2)12-16-27/h9-16,18-19,23H,4-8,17,20-22H2,1-3H3. The van der Waals surface area contributed by atoms with Gasteiger partial charge in [0.1, 0.15) is 0 Å². The van der Waals surface area contributed by atoms with Gasteiger partial charge < -0.3 is 0 Å². The Labute approximate surface area is 215 Å². The number of likely N-dealkylation sites (tertiary alicyclic amines) is 1. The Kier molecular flexibility index (Phi) is 9.01. The molecule has 188 valence electrons. The maximum absolute atomic E-state index is 13.6. The molecule has 1 saturated heterocycles. The topological polar surface area (TPSA) is 51.0 Å². The van der Waals surface area contributed by atoms with Crippen molar-refractivity contribution in [3.8, 4) is 0 Å². The van der Waals surface area contributed by atoms with E-state index in [-0.39, 0.29) is 5.78 Å². The van der Waals surface area contributed by atoms with Gasteiger partial charge in [0.15, 0.2) is 5.78 Å². The van der Waals surface area contributed by atoms with Gasteiger partial charge in [0.25, 0.3) is 0 Å². The molecule has 2 aromatic carbocycles. The van der Waals surface area contributed by atoms with E-state index in [0.29, 0.717) is 19.6 Å². The third kappa shape index (κ3) is 6.88. The molecule has 1 fully saturated rings. The van der Waals surface area contributed by atoms with Crippen molar-refractivity contribution < 1.29 is 4.79 Å². The van der Waals surface area contributed by atoms with Crippen molar-refractivity contribution >= 4 is 17.9 Å². The normalized spacial score (nSPS) is 16.8. The molecule has 0 unspecified atom stereocenters. The summed E-state index contributed by atoms with van der Waals surface area (Å²) < 4.78 is 1.90. The van der Waals surface area contributed by atoms with Gasteiger partial charge in [0, 0.05) is 43.5 Å². The molecule has 36 heavy (non-hydrogen) atoms. The third-order valence-corrected chi connectivity index (χ3v) is 6.51. The molecule has 1 aromatic heterocycles. The second kappa shape index (κ2) is 12.6. The molecule has 0 saturated carbocycles. The first-order valence-electron chi connectivity index (χ1n) is 13.3. The van der Waals surface area contributed by atoms with E-state index in [0.717, 1.165) is 66.6 Å². The number of benzene rings is 2. The Balaban J connectivity index is 1.60. The minimum atomic E-state index is 0.135. The number of nitrogens with zero attached hydrogens (tertiary/aromatic N) is 4. The third-order valence-electron chi connectivity index (χ3n) is 6.51. The number of piperidine rings is 1. The SMILES string of the molecule is CCCc1ccc(C=C2CN(Cc3cn(CCC)nn3)CC(=Cc3ccc(CCC)cc3)C2=O)cc1. The Morgan fingerprint density at radius 3 is 1.78 bits per heavy atom. The average molecular weight is 483 g/mol. The molecule has 1 aliphatic rings. The van der Waals surface area contributed by atoms with Crippen LogP contribution in [0, 0.1) is 0 Å². The molecular weight excluding hydrogens is 444 g/mol. The number of Topliss-reactive ketones (excluding diaryl/α,β-unsaturated/α-hetero) is 1. The van der Waals surface area contributed by atoms with Crippen molar-refractivity contribution in [2.75, 3.05) is 13.1 Å². The lowest BCUT2D eigenvalue weighted by molar-refractivity contribution is -0.113. The van der Waals surface area contributed by atoms with Crippen LogP contribution in [0.3, 0.4) is 0 Å². The summed E-state index contributed by atoms with van der Waals surface area (Å²) in [7, 11) is 0. The highest BCUT2D eigenvalue weighted by atomic mass is 16.1. The fraction of sp³-hybridized carbons (Fsp3) is 0.387. The fourth-order valence-electron chi connectivity index (χ4n) is 4.74. The lowest BCUT2D eigenvalue weighted by Gasteiger charge is -2.29. The van der Waals surface area contributed by atoms with Crippen LogP contribution in [-0.4, -0.2) is 38.8 Å². The number of carbonyl (C=O) groups is 1. The zero-order chi connectivity index (χ0) is 25.3. The van der Waals surface area contributed by atoms with Crippen LogP contribution in [0.15, 0.2) is 65.9 Å². The van der Waals surface area contributed by atoms with Crippen molar-refractivity contribution in [1.82, 2.24) is 19.9 Å². The molecule has 3 aromatic rings. The van der Waals surface area contributed by atoms with Crippen LogP contribution in [-0.2, 0) is 30.7 Å². The van der Waals surface area contributed by atoms with Crippen LogP contribution < -0.4 is 0 Å². The summed E-state index contributed by atoms with van der Waals surface area (Å²) >= 11 is 0. The molecule has 0 aliphatic carbocycles. The van der Waals surface area contributed by atoms with Gasteiger partial charge in [0.2, 0.25) is 0 Å². The monoisotopic (exact) mass is 482 g/mol. The number of hydrogen-bond acceptors (Lipinski definition) is 4. The van der Waals surface area contributed by atoms with E-state index < -0.39 is 0 Å². The van der Waals surface area contributed by atoms with E-state index in [1.807, 2.05) is 10.9 Å². The molecule has 0 radical (unpaired) electrons. The van der Waals surface area contributed by atoms with Crippen molar-refractivity contribution in [2.24, 2.45) is 0 Å². The molecule has 5 nitrogen and oxygen atoms in total. The summed E-state index contributed by atoms with van der Waals surface area (Å²) in [5, 5.41) is 8.62. The molecule has 0 spiro atoms. The second-order valence-electron chi connectivity index (χ2n) is 9.77. The summed E-state index contributed by atoms with van der Waals surface area (Å²) in [4.78, 5) is 15.9. The van der Waals surface area contributed by atoms with Crippen LogP contribution in [0.25, 0.3) is 12.2 Å². The zero-order valence-electron chi connectivity index (χ0n) is 21.9. The largest absolute Gasteiger partial charge is 0.289 e. The Bertz CT molecular complexity index is 1130.